The quantitative estimate of drug-likeness (QED) is 0.780. The van der Waals surface area contributed by atoms with Crippen LogP contribution in [0.4, 0.5) is 5.69 Å². The third-order valence-corrected chi connectivity index (χ3v) is 3.46. The largest absolute Gasteiger partial charge is 0.314 e. The molecule has 0 bridgehead atoms. The molecular formula is C16H22N2O. The van der Waals surface area contributed by atoms with Gasteiger partial charge in [-0.3, -0.25) is 4.79 Å². The van der Waals surface area contributed by atoms with Crippen molar-refractivity contribution in [1.29, 1.82) is 5.26 Å². The average molecular weight is 258 g/mol. The highest BCUT2D eigenvalue weighted by atomic mass is 16.2. The molecule has 0 aromatic heterocycles. The van der Waals surface area contributed by atoms with Gasteiger partial charge in [0.25, 0.3) is 0 Å². The Morgan fingerprint density at radius 2 is 2.05 bits per heavy atom. The summed E-state index contributed by atoms with van der Waals surface area (Å²) in [6.45, 7) is 4.17. The molecule has 0 fully saturated rings. The van der Waals surface area contributed by atoms with Crippen LogP contribution in [0.2, 0.25) is 0 Å². The second-order valence-electron chi connectivity index (χ2n) is 4.77. The Labute approximate surface area is 115 Å². The Kier molecular flexibility index (Phi) is 6.08. The fourth-order valence-corrected chi connectivity index (χ4v) is 2.21. The van der Waals surface area contributed by atoms with Crippen LogP contribution in [-0.4, -0.2) is 13.0 Å². The van der Waals surface area contributed by atoms with E-state index in [1.54, 1.807) is 18.0 Å². The van der Waals surface area contributed by atoms with Gasteiger partial charge in [-0.1, -0.05) is 38.8 Å². The smallest absolute Gasteiger partial charge is 0.229 e. The maximum atomic E-state index is 12.5. The van der Waals surface area contributed by atoms with E-state index in [4.69, 9.17) is 5.26 Å². The van der Waals surface area contributed by atoms with Crippen LogP contribution in [0.1, 0.15) is 45.1 Å². The number of hydrogen-bond acceptors (Lipinski definition) is 2. The zero-order chi connectivity index (χ0) is 14.3. The molecule has 1 rings (SSSR count). The zero-order valence-corrected chi connectivity index (χ0v) is 12.0. The topological polar surface area (TPSA) is 44.1 Å². The van der Waals surface area contributed by atoms with E-state index in [1.165, 1.54) is 0 Å². The van der Waals surface area contributed by atoms with Crippen molar-refractivity contribution >= 4 is 11.6 Å². The SMILES string of the molecule is CCCCC(CC)C(=O)N(C)c1ccccc1C#N. The lowest BCUT2D eigenvalue weighted by molar-refractivity contribution is -0.122. The average Bonchev–Trinajstić information content (AvgIpc) is 2.46. The van der Waals surface area contributed by atoms with Crippen molar-refractivity contribution in [3.63, 3.8) is 0 Å². The van der Waals surface area contributed by atoms with Gasteiger partial charge in [0.1, 0.15) is 6.07 Å². The number of nitriles is 1. The lowest BCUT2D eigenvalue weighted by Crippen LogP contribution is -2.33. The Morgan fingerprint density at radius 1 is 1.37 bits per heavy atom. The van der Waals surface area contributed by atoms with Gasteiger partial charge in [0.2, 0.25) is 5.91 Å². The number of benzene rings is 1. The van der Waals surface area contributed by atoms with Gasteiger partial charge in [0, 0.05) is 13.0 Å². The predicted octanol–water partition coefficient (Wildman–Crippen LogP) is 3.74. The third-order valence-electron chi connectivity index (χ3n) is 3.46. The van der Waals surface area contributed by atoms with Gasteiger partial charge in [-0.2, -0.15) is 5.26 Å². The van der Waals surface area contributed by atoms with Crippen molar-refractivity contribution in [3.8, 4) is 6.07 Å². The molecule has 0 heterocycles. The maximum absolute atomic E-state index is 12.5. The Balaban J connectivity index is 2.89. The molecule has 0 N–H and O–H groups in total. The number of hydrogen-bond donors (Lipinski definition) is 0. The summed E-state index contributed by atoms with van der Waals surface area (Å²) in [5, 5.41) is 9.10. The van der Waals surface area contributed by atoms with E-state index in [9.17, 15) is 4.79 Å². The van der Waals surface area contributed by atoms with Gasteiger partial charge < -0.3 is 4.90 Å². The fourth-order valence-electron chi connectivity index (χ4n) is 2.21. The number of rotatable bonds is 6. The minimum Gasteiger partial charge on any atom is -0.314 e. The summed E-state index contributed by atoms with van der Waals surface area (Å²) < 4.78 is 0. The van der Waals surface area contributed by atoms with Crippen LogP contribution in [0.3, 0.4) is 0 Å². The number of amides is 1. The van der Waals surface area contributed by atoms with Gasteiger partial charge in [0.15, 0.2) is 0 Å². The molecule has 0 aliphatic carbocycles. The van der Waals surface area contributed by atoms with Crippen LogP contribution in [-0.2, 0) is 4.79 Å². The van der Waals surface area contributed by atoms with Crippen LogP contribution in [0.25, 0.3) is 0 Å². The standard InChI is InChI=1S/C16H22N2O/c1-4-6-9-13(5-2)16(19)18(3)15-11-8-7-10-14(15)12-17/h7-8,10-11,13H,4-6,9H2,1-3H3. The van der Waals surface area contributed by atoms with Crippen LogP contribution >= 0.6 is 0 Å². The summed E-state index contributed by atoms with van der Waals surface area (Å²) in [6, 6.07) is 9.37. The molecule has 1 unspecified atom stereocenters. The van der Waals surface area contributed by atoms with E-state index in [2.05, 4.69) is 13.0 Å². The number of para-hydroxylation sites is 1. The van der Waals surface area contributed by atoms with Gasteiger partial charge in [-0.25, -0.2) is 0 Å². The van der Waals surface area contributed by atoms with Crippen LogP contribution in [0.15, 0.2) is 24.3 Å². The first-order valence-corrected chi connectivity index (χ1v) is 6.92. The number of carbonyl (C=O) groups is 1. The summed E-state index contributed by atoms with van der Waals surface area (Å²) in [4.78, 5) is 14.1. The highest BCUT2D eigenvalue weighted by Gasteiger charge is 2.22. The van der Waals surface area contributed by atoms with Crippen molar-refractivity contribution in [3.05, 3.63) is 29.8 Å². The molecule has 3 nitrogen and oxygen atoms in total. The molecule has 3 heteroatoms. The van der Waals surface area contributed by atoms with E-state index >= 15 is 0 Å². The van der Waals surface area contributed by atoms with Gasteiger partial charge in [0.05, 0.1) is 11.3 Å². The first-order chi connectivity index (χ1) is 9.15. The van der Waals surface area contributed by atoms with Crippen molar-refractivity contribution in [2.75, 3.05) is 11.9 Å². The molecule has 0 aliphatic rings. The first-order valence-electron chi connectivity index (χ1n) is 6.92. The molecule has 19 heavy (non-hydrogen) atoms. The monoisotopic (exact) mass is 258 g/mol. The lowest BCUT2D eigenvalue weighted by atomic mass is 9.97. The van der Waals surface area contributed by atoms with Gasteiger partial charge in [-0.15, -0.1) is 0 Å². The molecule has 0 aliphatic heterocycles. The van der Waals surface area contributed by atoms with Crippen molar-refractivity contribution in [2.24, 2.45) is 5.92 Å². The highest BCUT2D eigenvalue weighted by molar-refractivity contribution is 5.95. The molecule has 0 saturated carbocycles. The first kappa shape index (κ1) is 15.2. The van der Waals surface area contributed by atoms with Gasteiger partial charge in [-0.05, 0) is 25.0 Å². The molecule has 102 valence electrons. The summed E-state index contributed by atoms with van der Waals surface area (Å²) in [6.07, 6.45) is 3.93. The predicted molar refractivity (Wildman–Crippen MR) is 77.9 cm³/mol. The van der Waals surface area contributed by atoms with Crippen molar-refractivity contribution in [1.82, 2.24) is 0 Å². The maximum Gasteiger partial charge on any atom is 0.229 e. The Hall–Kier alpha value is -1.82. The molecular weight excluding hydrogens is 236 g/mol. The summed E-state index contributed by atoms with van der Waals surface area (Å²) in [5.74, 6) is 0.162. The third kappa shape index (κ3) is 3.82. The van der Waals surface area contributed by atoms with Crippen LogP contribution in [0, 0.1) is 17.2 Å². The minimum atomic E-state index is 0.0525. The molecule has 0 radical (unpaired) electrons. The second-order valence-corrected chi connectivity index (χ2v) is 4.77. The molecule has 0 spiro atoms. The lowest BCUT2D eigenvalue weighted by Gasteiger charge is -2.23. The normalized spacial score (nSPS) is 11.7. The Morgan fingerprint density at radius 3 is 2.63 bits per heavy atom. The number of nitrogens with zero attached hydrogens (tertiary/aromatic N) is 2. The number of carbonyl (C=O) groups excluding carboxylic acids is 1. The van der Waals surface area contributed by atoms with E-state index in [-0.39, 0.29) is 11.8 Å². The number of anilines is 1. The van der Waals surface area contributed by atoms with Crippen molar-refractivity contribution in [2.45, 2.75) is 39.5 Å². The van der Waals surface area contributed by atoms with E-state index < -0.39 is 0 Å². The minimum absolute atomic E-state index is 0.0525. The summed E-state index contributed by atoms with van der Waals surface area (Å²) in [7, 11) is 1.76. The molecule has 1 aromatic rings. The fraction of sp³-hybridized carbons (Fsp3) is 0.500. The van der Waals surface area contributed by atoms with Crippen LogP contribution < -0.4 is 4.90 Å². The highest BCUT2D eigenvalue weighted by Crippen LogP contribution is 2.23. The summed E-state index contributed by atoms with van der Waals surface area (Å²) in [5.41, 5.74) is 1.24. The molecule has 1 atom stereocenters. The molecule has 0 saturated heterocycles. The van der Waals surface area contributed by atoms with Gasteiger partial charge >= 0.3 is 0 Å². The summed E-state index contributed by atoms with van der Waals surface area (Å²) >= 11 is 0. The number of unbranched alkanes of at least 4 members (excludes halogenated alkanes) is 1. The van der Waals surface area contributed by atoms with E-state index in [0.717, 1.165) is 25.7 Å². The van der Waals surface area contributed by atoms with E-state index in [1.807, 2.05) is 25.1 Å². The van der Waals surface area contributed by atoms with Crippen LogP contribution in [0.5, 0.6) is 0 Å². The molecule has 1 aromatic carbocycles. The Bertz CT molecular complexity index is 462. The zero-order valence-electron chi connectivity index (χ0n) is 12.0. The molecule has 1 amide bonds. The second kappa shape index (κ2) is 7.58. The van der Waals surface area contributed by atoms with Crippen molar-refractivity contribution < 1.29 is 4.79 Å². The van der Waals surface area contributed by atoms with E-state index in [0.29, 0.717) is 11.3 Å².